The summed E-state index contributed by atoms with van der Waals surface area (Å²) < 4.78 is 5.15. The van der Waals surface area contributed by atoms with Gasteiger partial charge in [-0.1, -0.05) is 20.8 Å². The summed E-state index contributed by atoms with van der Waals surface area (Å²) in [5.74, 6) is 0.591. The third kappa shape index (κ3) is 7.32. The summed E-state index contributed by atoms with van der Waals surface area (Å²) in [7, 11) is 0. The lowest BCUT2D eigenvalue weighted by atomic mass is 9.96. The van der Waals surface area contributed by atoms with Crippen LogP contribution in [-0.2, 0) is 14.3 Å². The van der Waals surface area contributed by atoms with Gasteiger partial charge < -0.3 is 20.3 Å². The van der Waals surface area contributed by atoms with Crippen LogP contribution in [0.5, 0.6) is 0 Å². The number of ether oxygens (including phenoxy) is 1. The quantitative estimate of drug-likeness (QED) is 0.326. The number of carbonyl (C=O) groups is 2. The molecule has 2 N–H and O–H groups in total. The van der Waals surface area contributed by atoms with Crippen molar-refractivity contribution in [2.45, 2.75) is 47.5 Å². The first-order valence-corrected chi connectivity index (χ1v) is 9.27. The van der Waals surface area contributed by atoms with Crippen molar-refractivity contribution in [2.24, 2.45) is 16.3 Å². The molecule has 0 aromatic heterocycles. The fourth-order valence-corrected chi connectivity index (χ4v) is 2.64. The second-order valence-electron chi connectivity index (χ2n) is 7.28. The molecule has 0 bridgehead atoms. The molecule has 0 radical (unpaired) electrons. The standard InChI is InChI=1S/C18H34N4O3/c1-6-19-17(21-11-10-20-16(24)18(3,4)5)22-12-8-9-14(13-22)15(23)25-7-2/h14H,6-13H2,1-5H3,(H,19,21)(H,20,24). The largest absolute Gasteiger partial charge is 0.466 e. The summed E-state index contributed by atoms with van der Waals surface area (Å²) in [4.78, 5) is 30.6. The molecule has 1 aliphatic heterocycles. The van der Waals surface area contributed by atoms with Gasteiger partial charge >= 0.3 is 5.97 Å². The van der Waals surface area contributed by atoms with Gasteiger partial charge in [0.15, 0.2) is 5.96 Å². The summed E-state index contributed by atoms with van der Waals surface area (Å²) >= 11 is 0. The van der Waals surface area contributed by atoms with Gasteiger partial charge in [-0.25, -0.2) is 0 Å². The van der Waals surface area contributed by atoms with Crippen LogP contribution in [0.15, 0.2) is 4.99 Å². The van der Waals surface area contributed by atoms with E-state index in [2.05, 4.69) is 20.5 Å². The van der Waals surface area contributed by atoms with Gasteiger partial charge in [0.25, 0.3) is 0 Å². The third-order valence-electron chi connectivity index (χ3n) is 4.02. The first kappa shape index (κ1) is 21.3. The van der Waals surface area contributed by atoms with Crippen molar-refractivity contribution < 1.29 is 14.3 Å². The zero-order valence-corrected chi connectivity index (χ0v) is 16.4. The maximum Gasteiger partial charge on any atom is 0.310 e. The Morgan fingerprint density at radius 2 is 1.96 bits per heavy atom. The number of amides is 1. The van der Waals surface area contributed by atoms with Gasteiger partial charge in [0.1, 0.15) is 0 Å². The van der Waals surface area contributed by atoms with Crippen LogP contribution < -0.4 is 10.6 Å². The first-order chi connectivity index (χ1) is 11.8. The van der Waals surface area contributed by atoms with E-state index in [1.54, 1.807) is 0 Å². The number of carbonyl (C=O) groups excluding carboxylic acids is 2. The van der Waals surface area contributed by atoms with Crippen molar-refractivity contribution in [3.05, 3.63) is 0 Å². The highest BCUT2D eigenvalue weighted by Gasteiger charge is 2.28. The molecule has 1 rings (SSSR count). The molecule has 1 amide bonds. The summed E-state index contributed by atoms with van der Waals surface area (Å²) in [6, 6.07) is 0. The van der Waals surface area contributed by atoms with Crippen LogP contribution in [0.25, 0.3) is 0 Å². The first-order valence-electron chi connectivity index (χ1n) is 9.27. The Kier molecular flexibility index (Phi) is 8.72. The van der Waals surface area contributed by atoms with Crippen molar-refractivity contribution in [3.63, 3.8) is 0 Å². The lowest BCUT2D eigenvalue weighted by Crippen LogP contribution is -2.48. The highest BCUT2D eigenvalue weighted by atomic mass is 16.5. The molecule has 0 saturated carbocycles. The lowest BCUT2D eigenvalue weighted by Gasteiger charge is -2.34. The number of nitrogens with zero attached hydrogens (tertiary/aromatic N) is 2. The second-order valence-corrected chi connectivity index (χ2v) is 7.28. The highest BCUT2D eigenvalue weighted by Crippen LogP contribution is 2.18. The predicted molar refractivity (Wildman–Crippen MR) is 99.4 cm³/mol. The number of guanidine groups is 1. The summed E-state index contributed by atoms with van der Waals surface area (Å²) in [6.07, 6.45) is 1.80. The minimum atomic E-state index is -0.395. The topological polar surface area (TPSA) is 83.0 Å². The minimum absolute atomic E-state index is 0.0213. The van der Waals surface area contributed by atoms with Crippen molar-refractivity contribution >= 4 is 17.8 Å². The second kappa shape index (κ2) is 10.3. The van der Waals surface area contributed by atoms with Crippen molar-refractivity contribution in [2.75, 3.05) is 39.3 Å². The molecule has 1 atom stereocenters. The van der Waals surface area contributed by atoms with Crippen LogP contribution >= 0.6 is 0 Å². The number of esters is 1. The molecule has 144 valence electrons. The number of nitrogens with one attached hydrogen (secondary N) is 2. The van der Waals surface area contributed by atoms with E-state index in [9.17, 15) is 9.59 Å². The van der Waals surface area contributed by atoms with E-state index in [0.29, 0.717) is 26.2 Å². The summed E-state index contributed by atoms with van der Waals surface area (Å²) in [6.45, 7) is 13.2. The molecule has 0 aliphatic carbocycles. The van der Waals surface area contributed by atoms with Gasteiger partial charge in [0.2, 0.25) is 5.91 Å². The minimum Gasteiger partial charge on any atom is -0.466 e. The number of hydrogen-bond acceptors (Lipinski definition) is 4. The van der Waals surface area contributed by atoms with E-state index in [1.165, 1.54) is 0 Å². The molecular weight excluding hydrogens is 320 g/mol. The van der Waals surface area contributed by atoms with E-state index < -0.39 is 5.41 Å². The number of piperidine rings is 1. The van der Waals surface area contributed by atoms with Gasteiger partial charge in [-0.2, -0.15) is 0 Å². The Bertz CT molecular complexity index is 471. The number of rotatable bonds is 6. The summed E-state index contributed by atoms with van der Waals surface area (Å²) in [5.41, 5.74) is -0.395. The third-order valence-corrected chi connectivity index (χ3v) is 4.02. The molecule has 0 aromatic rings. The molecule has 25 heavy (non-hydrogen) atoms. The van der Waals surface area contributed by atoms with Crippen LogP contribution in [0.4, 0.5) is 0 Å². The van der Waals surface area contributed by atoms with Crippen molar-refractivity contribution in [1.82, 2.24) is 15.5 Å². The van der Waals surface area contributed by atoms with Gasteiger partial charge in [0.05, 0.1) is 19.1 Å². The number of likely N-dealkylation sites (tertiary alicyclic amines) is 1. The zero-order chi connectivity index (χ0) is 18.9. The molecule has 1 heterocycles. The lowest BCUT2D eigenvalue weighted by molar-refractivity contribution is -0.149. The molecule has 0 spiro atoms. The van der Waals surface area contributed by atoms with Crippen LogP contribution in [0.2, 0.25) is 0 Å². The maximum absolute atomic E-state index is 12.0. The van der Waals surface area contributed by atoms with E-state index in [1.807, 2.05) is 34.6 Å². The van der Waals surface area contributed by atoms with Crippen LogP contribution in [0.3, 0.4) is 0 Å². The zero-order valence-electron chi connectivity index (χ0n) is 16.4. The Morgan fingerprint density at radius 3 is 2.56 bits per heavy atom. The molecule has 7 heteroatoms. The Hall–Kier alpha value is -1.79. The SMILES string of the molecule is CCNC(=NCCNC(=O)C(C)(C)C)N1CCCC(C(=O)OCC)C1. The van der Waals surface area contributed by atoms with Gasteiger partial charge in [0, 0.05) is 31.6 Å². The maximum atomic E-state index is 12.0. The molecule has 0 aromatic carbocycles. The van der Waals surface area contributed by atoms with Crippen molar-refractivity contribution in [3.8, 4) is 0 Å². The van der Waals surface area contributed by atoms with Crippen LogP contribution in [-0.4, -0.2) is 62.1 Å². The average Bonchev–Trinajstić information content (AvgIpc) is 2.57. The molecular formula is C18H34N4O3. The smallest absolute Gasteiger partial charge is 0.310 e. The van der Waals surface area contributed by atoms with E-state index in [-0.39, 0.29) is 17.8 Å². The normalized spacial score (nSPS) is 18.7. The van der Waals surface area contributed by atoms with Crippen molar-refractivity contribution in [1.29, 1.82) is 0 Å². The van der Waals surface area contributed by atoms with Gasteiger partial charge in [-0.15, -0.1) is 0 Å². The molecule has 1 saturated heterocycles. The molecule has 1 unspecified atom stereocenters. The number of aliphatic imine (C=N–C) groups is 1. The van der Waals surface area contributed by atoms with Gasteiger partial charge in [-0.3, -0.25) is 14.6 Å². The monoisotopic (exact) mass is 354 g/mol. The Labute approximate surface area is 151 Å². The Morgan fingerprint density at radius 1 is 1.24 bits per heavy atom. The summed E-state index contributed by atoms with van der Waals surface area (Å²) in [5, 5.41) is 6.17. The van der Waals surface area contributed by atoms with E-state index in [4.69, 9.17) is 4.74 Å². The fraction of sp³-hybridized carbons (Fsp3) is 0.833. The Balaban J connectivity index is 2.59. The highest BCUT2D eigenvalue weighted by molar-refractivity contribution is 5.82. The molecule has 1 aliphatic rings. The van der Waals surface area contributed by atoms with Crippen LogP contribution in [0, 0.1) is 11.3 Å². The predicted octanol–water partition coefficient (Wildman–Crippen LogP) is 1.39. The van der Waals surface area contributed by atoms with Crippen LogP contribution in [0.1, 0.15) is 47.5 Å². The van der Waals surface area contributed by atoms with Gasteiger partial charge in [-0.05, 0) is 26.7 Å². The fourth-order valence-electron chi connectivity index (χ4n) is 2.64. The molecule has 1 fully saturated rings. The van der Waals surface area contributed by atoms with E-state index in [0.717, 1.165) is 31.9 Å². The molecule has 7 nitrogen and oxygen atoms in total. The average molecular weight is 354 g/mol. The van der Waals surface area contributed by atoms with E-state index >= 15 is 0 Å². The number of hydrogen-bond donors (Lipinski definition) is 2.